The third-order valence-corrected chi connectivity index (χ3v) is 3.01. The highest BCUT2D eigenvalue weighted by atomic mass is 79.9. The molecule has 0 atom stereocenters. The Hall–Kier alpha value is -1.06. The summed E-state index contributed by atoms with van der Waals surface area (Å²) >= 11 is 9.26. The maximum Gasteiger partial charge on any atom is 0.130 e. The van der Waals surface area contributed by atoms with Gasteiger partial charge in [-0.25, -0.2) is 0 Å². The molecule has 2 aromatic rings. The van der Waals surface area contributed by atoms with Gasteiger partial charge in [-0.05, 0) is 40.2 Å². The second-order valence-corrected chi connectivity index (χ2v) is 4.12. The fraction of sp³-hybridized carbons (Fsp3) is 0. The van der Waals surface area contributed by atoms with Crippen molar-refractivity contribution in [2.45, 2.75) is 0 Å². The van der Waals surface area contributed by atoms with E-state index in [2.05, 4.69) is 20.9 Å². The fourth-order valence-electron chi connectivity index (χ4n) is 1.08. The summed E-state index contributed by atoms with van der Waals surface area (Å²) < 4.78 is 6.42. The van der Waals surface area contributed by atoms with Gasteiger partial charge >= 0.3 is 0 Å². The average molecular weight is 285 g/mol. The van der Waals surface area contributed by atoms with Crippen LogP contribution in [0.1, 0.15) is 0 Å². The van der Waals surface area contributed by atoms with Crippen LogP contribution < -0.4 is 4.74 Å². The number of hydrogen-bond donors (Lipinski definition) is 0. The van der Waals surface area contributed by atoms with Gasteiger partial charge in [0.15, 0.2) is 0 Å². The van der Waals surface area contributed by atoms with Crippen LogP contribution >= 0.6 is 27.5 Å². The van der Waals surface area contributed by atoms with Crippen molar-refractivity contribution in [3.8, 4) is 11.5 Å². The Labute approximate surface area is 101 Å². The molecule has 0 radical (unpaired) electrons. The van der Waals surface area contributed by atoms with E-state index in [1.165, 1.54) is 0 Å². The van der Waals surface area contributed by atoms with E-state index in [0.29, 0.717) is 10.8 Å². The minimum atomic E-state index is 0.626. The van der Waals surface area contributed by atoms with Gasteiger partial charge in [0.2, 0.25) is 0 Å². The molecule has 1 aromatic carbocycles. The van der Waals surface area contributed by atoms with Crippen LogP contribution in [0.15, 0.2) is 47.2 Å². The Bertz CT molecular complexity index is 461. The third-order valence-electron chi connectivity index (χ3n) is 1.78. The summed E-state index contributed by atoms with van der Waals surface area (Å²) in [4.78, 5) is 3.91. The Morgan fingerprint density at radius 2 is 1.80 bits per heavy atom. The zero-order valence-corrected chi connectivity index (χ0v) is 9.99. The molecule has 1 aromatic heterocycles. The first-order valence-corrected chi connectivity index (χ1v) is 5.46. The number of ether oxygens (including phenoxy) is 1. The Balaban J connectivity index is 2.22. The molecule has 0 aliphatic heterocycles. The summed E-state index contributed by atoms with van der Waals surface area (Å²) in [6, 6.07) is 9.02. The molecule has 0 spiro atoms. The lowest BCUT2D eigenvalue weighted by Crippen LogP contribution is -1.84. The van der Waals surface area contributed by atoms with Gasteiger partial charge in [-0.2, -0.15) is 0 Å². The van der Waals surface area contributed by atoms with E-state index < -0.39 is 0 Å². The van der Waals surface area contributed by atoms with Crippen LogP contribution in [0, 0.1) is 0 Å². The van der Waals surface area contributed by atoms with Crippen molar-refractivity contribution in [1.29, 1.82) is 0 Å². The molecule has 0 amide bonds. The smallest absolute Gasteiger partial charge is 0.130 e. The zero-order valence-electron chi connectivity index (χ0n) is 7.65. The monoisotopic (exact) mass is 283 g/mol. The topological polar surface area (TPSA) is 22.1 Å². The van der Waals surface area contributed by atoms with Gasteiger partial charge in [0.1, 0.15) is 11.5 Å². The minimum Gasteiger partial charge on any atom is -0.457 e. The largest absolute Gasteiger partial charge is 0.457 e. The molecule has 0 saturated heterocycles. The highest BCUT2D eigenvalue weighted by molar-refractivity contribution is 9.10. The van der Waals surface area contributed by atoms with Gasteiger partial charge in [0, 0.05) is 22.9 Å². The third kappa shape index (κ3) is 2.70. The molecule has 0 N–H and O–H groups in total. The number of hydrogen-bond acceptors (Lipinski definition) is 2. The minimum absolute atomic E-state index is 0.626. The molecule has 76 valence electrons. The molecule has 15 heavy (non-hydrogen) atoms. The van der Waals surface area contributed by atoms with Crippen LogP contribution in [-0.2, 0) is 0 Å². The van der Waals surface area contributed by atoms with E-state index in [0.717, 1.165) is 10.2 Å². The molecule has 0 saturated carbocycles. The maximum absolute atomic E-state index is 5.94. The molecule has 2 rings (SSSR count). The van der Waals surface area contributed by atoms with E-state index in [-0.39, 0.29) is 0 Å². The van der Waals surface area contributed by atoms with Crippen LogP contribution in [-0.4, -0.2) is 4.98 Å². The van der Waals surface area contributed by atoms with Gasteiger partial charge in [-0.1, -0.05) is 11.6 Å². The number of aromatic nitrogens is 1. The summed E-state index contributed by atoms with van der Waals surface area (Å²) in [5.41, 5.74) is 0. The van der Waals surface area contributed by atoms with Gasteiger partial charge in [0.05, 0.1) is 5.02 Å². The van der Waals surface area contributed by atoms with Gasteiger partial charge in [-0.15, -0.1) is 0 Å². The first-order valence-electron chi connectivity index (χ1n) is 4.28. The lowest BCUT2D eigenvalue weighted by molar-refractivity contribution is 0.482. The lowest BCUT2D eigenvalue weighted by atomic mass is 10.3. The molecule has 0 bridgehead atoms. The second kappa shape index (κ2) is 4.64. The summed E-state index contributed by atoms with van der Waals surface area (Å²) in [6.45, 7) is 0. The van der Waals surface area contributed by atoms with Crippen LogP contribution in [0.5, 0.6) is 11.5 Å². The van der Waals surface area contributed by atoms with Crippen LogP contribution in [0.4, 0.5) is 0 Å². The average Bonchev–Trinajstić information content (AvgIpc) is 2.25. The number of benzene rings is 1. The summed E-state index contributed by atoms with van der Waals surface area (Å²) in [6.07, 6.45) is 3.35. The molecular formula is C11H7BrClNO. The fourth-order valence-corrected chi connectivity index (χ4v) is 1.50. The van der Waals surface area contributed by atoms with E-state index in [1.54, 1.807) is 30.6 Å². The normalized spacial score (nSPS) is 10.0. The summed E-state index contributed by atoms with van der Waals surface area (Å²) in [5, 5.41) is 0.626. The summed E-state index contributed by atoms with van der Waals surface area (Å²) in [7, 11) is 0. The number of nitrogens with zero attached hydrogens (tertiary/aromatic N) is 1. The number of pyridine rings is 1. The molecule has 0 aliphatic rings. The van der Waals surface area contributed by atoms with Crippen LogP contribution in [0.2, 0.25) is 5.02 Å². The van der Waals surface area contributed by atoms with E-state index >= 15 is 0 Å². The maximum atomic E-state index is 5.94. The Kier molecular flexibility index (Phi) is 3.23. The highest BCUT2D eigenvalue weighted by Crippen LogP contribution is 2.29. The van der Waals surface area contributed by atoms with E-state index in [4.69, 9.17) is 16.3 Å². The van der Waals surface area contributed by atoms with Crippen molar-refractivity contribution in [2.75, 3.05) is 0 Å². The summed E-state index contributed by atoms with van der Waals surface area (Å²) in [5.74, 6) is 1.44. The molecule has 0 unspecified atom stereocenters. The van der Waals surface area contributed by atoms with Gasteiger partial charge < -0.3 is 4.74 Å². The van der Waals surface area contributed by atoms with Crippen LogP contribution in [0.3, 0.4) is 0 Å². The first-order chi connectivity index (χ1) is 7.25. The second-order valence-electron chi connectivity index (χ2n) is 2.86. The molecule has 4 heteroatoms. The quantitative estimate of drug-likeness (QED) is 0.821. The van der Waals surface area contributed by atoms with Crippen LogP contribution in [0.25, 0.3) is 0 Å². The lowest BCUT2D eigenvalue weighted by Gasteiger charge is -2.05. The molecule has 0 fully saturated rings. The van der Waals surface area contributed by atoms with Gasteiger partial charge in [0.25, 0.3) is 0 Å². The number of halogens is 2. The number of rotatable bonds is 2. The molecule has 2 nitrogen and oxygen atoms in total. The standard InChI is InChI=1S/C11H7BrClNO/c12-10-2-1-9(7-11(10)13)15-8-3-5-14-6-4-8/h1-7H. The Morgan fingerprint density at radius 3 is 2.47 bits per heavy atom. The van der Waals surface area contributed by atoms with Crippen molar-refractivity contribution < 1.29 is 4.74 Å². The molecular weight excluding hydrogens is 277 g/mol. The Morgan fingerprint density at radius 1 is 1.07 bits per heavy atom. The zero-order chi connectivity index (χ0) is 10.7. The van der Waals surface area contributed by atoms with Crippen molar-refractivity contribution in [2.24, 2.45) is 0 Å². The van der Waals surface area contributed by atoms with Crippen molar-refractivity contribution in [3.05, 3.63) is 52.2 Å². The van der Waals surface area contributed by atoms with E-state index in [9.17, 15) is 0 Å². The SMILES string of the molecule is Clc1cc(Oc2ccncc2)ccc1Br. The van der Waals surface area contributed by atoms with Crippen molar-refractivity contribution >= 4 is 27.5 Å². The predicted molar refractivity (Wildman–Crippen MR) is 63.5 cm³/mol. The van der Waals surface area contributed by atoms with Gasteiger partial charge in [-0.3, -0.25) is 4.98 Å². The van der Waals surface area contributed by atoms with Crippen molar-refractivity contribution in [1.82, 2.24) is 4.98 Å². The molecule has 0 aliphatic carbocycles. The highest BCUT2D eigenvalue weighted by Gasteiger charge is 2.00. The van der Waals surface area contributed by atoms with E-state index in [1.807, 2.05) is 12.1 Å². The van der Waals surface area contributed by atoms with Crippen molar-refractivity contribution in [3.63, 3.8) is 0 Å². The predicted octanol–water partition coefficient (Wildman–Crippen LogP) is 4.29. The first kappa shape index (κ1) is 10.5. The molecule has 1 heterocycles.